The summed E-state index contributed by atoms with van der Waals surface area (Å²) in [6.07, 6.45) is 2.66. The van der Waals surface area contributed by atoms with Crippen molar-refractivity contribution in [3.05, 3.63) is 71.7 Å². The van der Waals surface area contributed by atoms with Gasteiger partial charge in [-0.1, -0.05) is 34.5 Å². The lowest BCUT2D eigenvalue weighted by Gasteiger charge is -2.09. The van der Waals surface area contributed by atoms with Crippen LogP contribution in [-0.2, 0) is 6.42 Å². The molecule has 0 fully saturated rings. The highest BCUT2D eigenvalue weighted by Gasteiger charge is 2.20. The normalized spacial score (nSPS) is 11.3. The third kappa shape index (κ3) is 4.52. The number of aromatic nitrogens is 2. The molecule has 156 valence electrons. The van der Waals surface area contributed by atoms with Crippen LogP contribution in [0.5, 0.6) is 5.75 Å². The summed E-state index contributed by atoms with van der Waals surface area (Å²) in [5, 5.41) is 16.2. The van der Waals surface area contributed by atoms with Crippen molar-refractivity contribution in [2.24, 2.45) is 5.10 Å². The van der Waals surface area contributed by atoms with E-state index in [1.54, 1.807) is 19.1 Å². The smallest absolute Gasteiger partial charge is 0.313 e. The van der Waals surface area contributed by atoms with E-state index in [4.69, 9.17) is 16.3 Å². The number of nitro groups is 1. The quantitative estimate of drug-likeness (QED) is 0.263. The van der Waals surface area contributed by atoms with E-state index in [2.05, 4.69) is 26.0 Å². The second-order valence-corrected chi connectivity index (χ2v) is 7.67. The van der Waals surface area contributed by atoms with Gasteiger partial charge in [0.05, 0.1) is 33.7 Å². The topological polar surface area (TPSA) is 99.6 Å². The average molecular weight is 494 g/mol. The first-order valence-corrected chi connectivity index (χ1v) is 10.4. The SMILES string of the molecule is CCCc1nc2ccc(Br)cc2c(=O)n1N=Cc1cc(Cl)c(OCC)c([N+](=O)[O-])c1. The Balaban J connectivity index is 2.13. The molecule has 2 aromatic carbocycles. The Morgan fingerprint density at radius 3 is 2.77 bits per heavy atom. The van der Waals surface area contributed by atoms with Gasteiger partial charge in [-0.05, 0) is 37.6 Å². The van der Waals surface area contributed by atoms with Crippen LogP contribution in [-0.4, -0.2) is 27.4 Å². The molecule has 0 unspecified atom stereocenters. The molecule has 0 aliphatic heterocycles. The van der Waals surface area contributed by atoms with Crippen molar-refractivity contribution in [1.29, 1.82) is 0 Å². The summed E-state index contributed by atoms with van der Waals surface area (Å²) >= 11 is 9.53. The van der Waals surface area contributed by atoms with Crippen LogP contribution in [0.4, 0.5) is 5.69 Å². The molecule has 1 aromatic heterocycles. The molecule has 10 heteroatoms. The third-order valence-corrected chi connectivity index (χ3v) is 4.98. The molecule has 0 aliphatic carbocycles. The Kier molecular flexibility index (Phi) is 6.84. The number of hydrogen-bond donors (Lipinski definition) is 0. The Morgan fingerprint density at radius 2 is 2.10 bits per heavy atom. The molecule has 0 spiro atoms. The van der Waals surface area contributed by atoms with Crippen LogP contribution in [0.1, 0.15) is 31.7 Å². The number of rotatable bonds is 7. The minimum atomic E-state index is -0.571. The fourth-order valence-electron chi connectivity index (χ4n) is 2.92. The summed E-state index contributed by atoms with van der Waals surface area (Å²) in [7, 11) is 0. The fourth-order valence-corrected chi connectivity index (χ4v) is 3.56. The number of nitrogens with zero attached hydrogens (tertiary/aromatic N) is 4. The lowest BCUT2D eigenvalue weighted by atomic mass is 10.2. The molecule has 0 aliphatic rings. The maximum Gasteiger partial charge on any atom is 0.313 e. The van der Waals surface area contributed by atoms with Gasteiger partial charge in [0, 0.05) is 22.5 Å². The van der Waals surface area contributed by atoms with Crippen LogP contribution in [0.25, 0.3) is 10.9 Å². The predicted molar refractivity (Wildman–Crippen MR) is 120 cm³/mol. The highest BCUT2D eigenvalue weighted by Crippen LogP contribution is 2.35. The second kappa shape index (κ2) is 9.36. The Labute approximate surface area is 185 Å². The fraction of sp³-hybridized carbons (Fsp3) is 0.250. The molecule has 0 N–H and O–H groups in total. The number of nitro benzene ring substituents is 1. The Bertz CT molecular complexity index is 1210. The number of benzene rings is 2. The van der Waals surface area contributed by atoms with E-state index in [1.807, 2.05) is 13.0 Å². The van der Waals surface area contributed by atoms with Gasteiger partial charge < -0.3 is 4.74 Å². The van der Waals surface area contributed by atoms with Gasteiger partial charge in [-0.15, -0.1) is 0 Å². The molecule has 3 aromatic rings. The number of aryl methyl sites for hydroxylation is 1. The van der Waals surface area contributed by atoms with Gasteiger partial charge in [0.2, 0.25) is 5.75 Å². The van der Waals surface area contributed by atoms with Crippen molar-refractivity contribution in [1.82, 2.24) is 9.66 Å². The van der Waals surface area contributed by atoms with E-state index >= 15 is 0 Å². The summed E-state index contributed by atoms with van der Waals surface area (Å²) in [4.78, 5) is 28.4. The molecule has 0 atom stereocenters. The zero-order chi connectivity index (χ0) is 21.8. The monoisotopic (exact) mass is 492 g/mol. The van der Waals surface area contributed by atoms with Gasteiger partial charge in [0.1, 0.15) is 5.82 Å². The van der Waals surface area contributed by atoms with E-state index in [-0.39, 0.29) is 28.6 Å². The Hall–Kier alpha value is -2.78. The molecule has 0 saturated carbocycles. The molecule has 0 radical (unpaired) electrons. The Morgan fingerprint density at radius 1 is 1.33 bits per heavy atom. The molecule has 30 heavy (non-hydrogen) atoms. The summed E-state index contributed by atoms with van der Waals surface area (Å²) in [6, 6.07) is 8.07. The lowest BCUT2D eigenvalue weighted by Crippen LogP contribution is -2.22. The van der Waals surface area contributed by atoms with Crippen LogP contribution in [0.3, 0.4) is 0 Å². The molecule has 0 bridgehead atoms. The summed E-state index contributed by atoms with van der Waals surface area (Å²) in [5.41, 5.74) is 0.344. The van der Waals surface area contributed by atoms with Gasteiger partial charge >= 0.3 is 5.69 Å². The first-order valence-electron chi connectivity index (χ1n) is 9.22. The van der Waals surface area contributed by atoms with Gasteiger partial charge in [-0.2, -0.15) is 9.78 Å². The number of ether oxygens (including phenoxy) is 1. The van der Waals surface area contributed by atoms with Crippen molar-refractivity contribution in [2.75, 3.05) is 6.61 Å². The van der Waals surface area contributed by atoms with Crippen LogP contribution >= 0.6 is 27.5 Å². The van der Waals surface area contributed by atoms with Crippen LogP contribution < -0.4 is 10.3 Å². The van der Waals surface area contributed by atoms with Crippen molar-refractivity contribution >= 4 is 50.3 Å². The first-order chi connectivity index (χ1) is 14.3. The number of halogens is 2. The molecular weight excluding hydrogens is 476 g/mol. The van der Waals surface area contributed by atoms with Crippen molar-refractivity contribution < 1.29 is 9.66 Å². The predicted octanol–water partition coefficient (Wildman–Crippen LogP) is 4.95. The first kappa shape index (κ1) is 21.9. The van der Waals surface area contributed by atoms with E-state index in [1.165, 1.54) is 23.0 Å². The molecular formula is C20H18BrClN4O4. The molecule has 0 amide bonds. The molecule has 8 nitrogen and oxygen atoms in total. The zero-order valence-corrected chi connectivity index (χ0v) is 18.6. The minimum absolute atomic E-state index is 0.00220. The van der Waals surface area contributed by atoms with E-state index in [0.717, 1.165) is 10.9 Å². The van der Waals surface area contributed by atoms with Gasteiger partial charge in [0.15, 0.2) is 0 Å². The van der Waals surface area contributed by atoms with E-state index < -0.39 is 4.92 Å². The number of fused-ring (bicyclic) bond motifs is 1. The molecule has 1 heterocycles. The largest absolute Gasteiger partial charge is 0.486 e. The van der Waals surface area contributed by atoms with Crippen molar-refractivity contribution in [3.8, 4) is 5.75 Å². The van der Waals surface area contributed by atoms with E-state index in [9.17, 15) is 14.9 Å². The summed E-state index contributed by atoms with van der Waals surface area (Å²) in [5.74, 6) is 0.502. The van der Waals surface area contributed by atoms with Crippen LogP contribution in [0, 0.1) is 10.1 Å². The van der Waals surface area contributed by atoms with Gasteiger partial charge in [-0.3, -0.25) is 14.9 Å². The lowest BCUT2D eigenvalue weighted by molar-refractivity contribution is -0.385. The zero-order valence-electron chi connectivity index (χ0n) is 16.3. The molecule has 0 saturated heterocycles. The summed E-state index contributed by atoms with van der Waals surface area (Å²) < 4.78 is 7.26. The minimum Gasteiger partial charge on any atom is -0.486 e. The van der Waals surface area contributed by atoms with Crippen LogP contribution in [0.2, 0.25) is 5.02 Å². The highest BCUT2D eigenvalue weighted by atomic mass is 79.9. The number of hydrogen-bond acceptors (Lipinski definition) is 6. The van der Waals surface area contributed by atoms with Crippen LogP contribution in [0.15, 0.2) is 44.7 Å². The third-order valence-electron chi connectivity index (χ3n) is 4.20. The summed E-state index contributed by atoms with van der Waals surface area (Å²) in [6.45, 7) is 3.92. The van der Waals surface area contributed by atoms with Crippen molar-refractivity contribution in [2.45, 2.75) is 26.7 Å². The maximum absolute atomic E-state index is 13.0. The van der Waals surface area contributed by atoms with Crippen molar-refractivity contribution in [3.63, 3.8) is 0 Å². The van der Waals surface area contributed by atoms with Gasteiger partial charge in [-0.25, -0.2) is 4.98 Å². The average Bonchev–Trinajstić information content (AvgIpc) is 2.70. The maximum atomic E-state index is 13.0. The standard InChI is InChI=1S/C20H18BrClN4O4/c1-3-5-18-24-16-7-6-13(21)10-14(16)20(27)25(18)23-11-12-8-15(22)19(30-4-2)17(9-12)26(28)29/h6-11H,3-5H2,1-2H3. The second-order valence-electron chi connectivity index (χ2n) is 6.34. The van der Waals surface area contributed by atoms with E-state index in [0.29, 0.717) is 28.7 Å². The van der Waals surface area contributed by atoms with Gasteiger partial charge in [0.25, 0.3) is 5.56 Å². The highest BCUT2D eigenvalue weighted by molar-refractivity contribution is 9.10. The molecule has 3 rings (SSSR count).